The van der Waals surface area contributed by atoms with Gasteiger partial charge in [-0.1, -0.05) is 6.42 Å². The first-order chi connectivity index (χ1) is 13.7. The van der Waals surface area contributed by atoms with E-state index in [9.17, 15) is 9.59 Å². The molecular formula is C19H24N6O3. The Kier molecular flexibility index (Phi) is 5.59. The number of hydrogen-bond acceptors (Lipinski definition) is 7. The molecule has 0 aromatic carbocycles. The van der Waals surface area contributed by atoms with Crippen LogP contribution in [0.4, 0.5) is 0 Å². The van der Waals surface area contributed by atoms with Crippen LogP contribution < -0.4 is 0 Å². The van der Waals surface area contributed by atoms with E-state index in [0.29, 0.717) is 37.0 Å². The Morgan fingerprint density at radius 3 is 2.86 bits per heavy atom. The predicted octanol–water partition coefficient (Wildman–Crippen LogP) is 1.98. The van der Waals surface area contributed by atoms with Crippen molar-refractivity contribution in [2.24, 2.45) is 0 Å². The summed E-state index contributed by atoms with van der Waals surface area (Å²) in [4.78, 5) is 36.9. The molecule has 0 saturated carbocycles. The SMILES string of the molecule is O=C1CCCCCN1CC(=O)N1CCCCC1c1nnc(-c2cnccn2)o1. The molecule has 2 amide bonds. The van der Waals surface area contributed by atoms with Crippen molar-refractivity contribution in [3.8, 4) is 11.6 Å². The molecule has 4 heterocycles. The first-order valence-electron chi connectivity index (χ1n) is 9.89. The summed E-state index contributed by atoms with van der Waals surface area (Å²) >= 11 is 0. The maximum absolute atomic E-state index is 13.0. The van der Waals surface area contributed by atoms with E-state index in [2.05, 4.69) is 20.2 Å². The number of nitrogens with zero attached hydrogens (tertiary/aromatic N) is 6. The average Bonchev–Trinajstić information content (AvgIpc) is 3.14. The summed E-state index contributed by atoms with van der Waals surface area (Å²) in [7, 11) is 0. The van der Waals surface area contributed by atoms with Crippen LogP contribution in [0.5, 0.6) is 0 Å². The van der Waals surface area contributed by atoms with Crippen molar-refractivity contribution < 1.29 is 14.0 Å². The molecular weight excluding hydrogens is 360 g/mol. The summed E-state index contributed by atoms with van der Waals surface area (Å²) in [5, 5.41) is 8.24. The Morgan fingerprint density at radius 1 is 1.11 bits per heavy atom. The van der Waals surface area contributed by atoms with Gasteiger partial charge < -0.3 is 14.2 Å². The van der Waals surface area contributed by atoms with Gasteiger partial charge in [0.25, 0.3) is 5.89 Å². The van der Waals surface area contributed by atoms with Gasteiger partial charge in [-0.05, 0) is 32.1 Å². The summed E-state index contributed by atoms with van der Waals surface area (Å²) < 4.78 is 5.82. The van der Waals surface area contributed by atoms with Crippen LogP contribution >= 0.6 is 0 Å². The fraction of sp³-hybridized carbons (Fsp3) is 0.579. The molecule has 148 valence electrons. The lowest BCUT2D eigenvalue weighted by Gasteiger charge is -2.35. The molecule has 0 N–H and O–H groups in total. The quantitative estimate of drug-likeness (QED) is 0.793. The third kappa shape index (κ3) is 4.02. The van der Waals surface area contributed by atoms with Crippen LogP contribution in [0, 0.1) is 0 Å². The number of carbonyl (C=O) groups excluding carboxylic acids is 2. The van der Waals surface area contributed by atoms with Crippen LogP contribution in [0.15, 0.2) is 23.0 Å². The van der Waals surface area contributed by atoms with E-state index in [1.54, 1.807) is 28.4 Å². The second kappa shape index (κ2) is 8.45. The standard InChI is InChI=1S/C19H24N6O3/c26-16-7-2-1-4-10-24(16)13-17(27)25-11-5-3-6-15(25)19-23-22-18(28-19)14-12-20-8-9-21-14/h8-9,12,15H,1-7,10-11,13H2. The minimum atomic E-state index is -0.263. The highest BCUT2D eigenvalue weighted by molar-refractivity contribution is 5.85. The lowest BCUT2D eigenvalue weighted by molar-refractivity contribution is -0.143. The third-order valence-electron chi connectivity index (χ3n) is 5.33. The zero-order valence-corrected chi connectivity index (χ0v) is 15.8. The number of likely N-dealkylation sites (tertiary alicyclic amines) is 2. The molecule has 0 bridgehead atoms. The summed E-state index contributed by atoms with van der Waals surface area (Å²) in [5.41, 5.74) is 0.505. The normalized spacial score (nSPS) is 20.9. The Balaban J connectivity index is 1.49. The molecule has 2 fully saturated rings. The monoisotopic (exact) mass is 384 g/mol. The highest BCUT2D eigenvalue weighted by atomic mass is 16.4. The van der Waals surface area contributed by atoms with E-state index >= 15 is 0 Å². The van der Waals surface area contributed by atoms with E-state index < -0.39 is 0 Å². The molecule has 2 aliphatic heterocycles. The molecule has 2 aliphatic rings. The van der Waals surface area contributed by atoms with Gasteiger partial charge >= 0.3 is 0 Å². The highest BCUT2D eigenvalue weighted by Gasteiger charge is 2.33. The third-order valence-corrected chi connectivity index (χ3v) is 5.33. The van der Waals surface area contributed by atoms with Crippen molar-refractivity contribution in [1.82, 2.24) is 30.0 Å². The van der Waals surface area contributed by atoms with Crippen molar-refractivity contribution >= 4 is 11.8 Å². The van der Waals surface area contributed by atoms with Gasteiger partial charge in [-0.2, -0.15) is 0 Å². The van der Waals surface area contributed by atoms with Gasteiger partial charge in [0.1, 0.15) is 11.7 Å². The van der Waals surface area contributed by atoms with Gasteiger partial charge in [-0.3, -0.25) is 14.6 Å². The van der Waals surface area contributed by atoms with E-state index in [4.69, 9.17) is 4.42 Å². The molecule has 1 unspecified atom stereocenters. The largest absolute Gasteiger partial charge is 0.417 e. The van der Waals surface area contributed by atoms with Crippen LogP contribution in [0.3, 0.4) is 0 Å². The van der Waals surface area contributed by atoms with Crippen LogP contribution in [-0.2, 0) is 9.59 Å². The van der Waals surface area contributed by atoms with E-state index in [1.165, 1.54) is 0 Å². The smallest absolute Gasteiger partial charge is 0.267 e. The van der Waals surface area contributed by atoms with Crippen molar-refractivity contribution in [3.05, 3.63) is 24.5 Å². The van der Waals surface area contributed by atoms with Gasteiger partial charge in [0.05, 0.1) is 12.7 Å². The molecule has 1 atom stereocenters. The second-order valence-electron chi connectivity index (χ2n) is 7.26. The Hall–Kier alpha value is -2.84. The molecule has 2 aromatic rings. The van der Waals surface area contributed by atoms with Gasteiger partial charge in [-0.25, -0.2) is 4.98 Å². The predicted molar refractivity (Wildman–Crippen MR) is 98.7 cm³/mol. The number of hydrogen-bond donors (Lipinski definition) is 0. The number of amides is 2. The van der Waals surface area contributed by atoms with Crippen molar-refractivity contribution in [2.75, 3.05) is 19.6 Å². The van der Waals surface area contributed by atoms with Crippen LogP contribution in [0.1, 0.15) is 56.9 Å². The Labute approximate surface area is 163 Å². The molecule has 9 nitrogen and oxygen atoms in total. The number of piperidine rings is 1. The van der Waals surface area contributed by atoms with Gasteiger partial charge in [0, 0.05) is 31.9 Å². The van der Waals surface area contributed by atoms with Crippen LogP contribution in [-0.4, -0.2) is 61.4 Å². The van der Waals surface area contributed by atoms with E-state index in [-0.39, 0.29) is 24.4 Å². The highest BCUT2D eigenvalue weighted by Crippen LogP contribution is 2.31. The lowest BCUT2D eigenvalue weighted by Crippen LogP contribution is -2.46. The van der Waals surface area contributed by atoms with Crippen molar-refractivity contribution in [2.45, 2.75) is 51.0 Å². The van der Waals surface area contributed by atoms with E-state index in [0.717, 1.165) is 38.5 Å². The fourth-order valence-electron chi connectivity index (χ4n) is 3.83. The van der Waals surface area contributed by atoms with Crippen molar-refractivity contribution in [1.29, 1.82) is 0 Å². The molecule has 0 radical (unpaired) electrons. The van der Waals surface area contributed by atoms with Crippen molar-refractivity contribution in [3.63, 3.8) is 0 Å². The molecule has 0 aliphatic carbocycles. The summed E-state index contributed by atoms with van der Waals surface area (Å²) in [6, 6.07) is -0.263. The Morgan fingerprint density at radius 2 is 2.00 bits per heavy atom. The molecule has 28 heavy (non-hydrogen) atoms. The van der Waals surface area contributed by atoms with Gasteiger partial charge in [-0.15, -0.1) is 10.2 Å². The molecule has 4 rings (SSSR count). The molecule has 0 spiro atoms. The fourth-order valence-corrected chi connectivity index (χ4v) is 3.83. The minimum Gasteiger partial charge on any atom is -0.417 e. The van der Waals surface area contributed by atoms with E-state index in [1.807, 2.05) is 0 Å². The molecule has 2 aromatic heterocycles. The van der Waals surface area contributed by atoms with Crippen LogP contribution in [0.25, 0.3) is 11.6 Å². The lowest BCUT2D eigenvalue weighted by atomic mass is 10.0. The minimum absolute atomic E-state index is 0.0563. The topological polar surface area (TPSA) is 105 Å². The molecule has 9 heteroatoms. The van der Waals surface area contributed by atoms with Gasteiger partial charge in [0.15, 0.2) is 0 Å². The van der Waals surface area contributed by atoms with Crippen LogP contribution in [0.2, 0.25) is 0 Å². The van der Waals surface area contributed by atoms with Gasteiger partial charge in [0.2, 0.25) is 17.7 Å². The summed E-state index contributed by atoms with van der Waals surface area (Å²) in [5.74, 6) is 0.723. The second-order valence-corrected chi connectivity index (χ2v) is 7.26. The Bertz CT molecular complexity index is 824. The molecule has 2 saturated heterocycles. The number of rotatable bonds is 4. The maximum atomic E-state index is 13.0. The maximum Gasteiger partial charge on any atom is 0.267 e. The zero-order valence-electron chi connectivity index (χ0n) is 15.8. The number of aromatic nitrogens is 4. The summed E-state index contributed by atoms with van der Waals surface area (Å²) in [6.45, 7) is 1.41. The summed E-state index contributed by atoms with van der Waals surface area (Å²) in [6.07, 6.45) is 10.8. The zero-order chi connectivity index (χ0) is 19.3. The average molecular weight is 384 g/mol. The first kappa shape index (κ1) is 18.5. The first-order valence-corrected chi connectivity index (χ1v) is 9.89. The number of carbonyl (C=O) groups is 2.